The average Bonchev–Trinajstić information content (AvgIpc) is 2.86. The van der Waals surface area contributed by atoms with Crippen LogP contribution in [0.15, 0.2) is 12.1 Å². The predicted octanol–water partition coefficient (Wildman–Crippen LogP) is 3.89. The summed E-state index contributed by atoms with van der Waals surface area (Å²) in [5.74, 6) is 0.366. The number of pyridine rings is 1. The van der Waals surface area contributed by atoms with Crippen molar-refractivity contribution in [3.05, 3.63) is 29.1 Å². The van der Waals surface area contributed by atoms with Gasteiger partial charge in [0.2, 0.25) is 0 Å². The molecule has 1 atom stereocenters. The molecule has 1 aliphatic rings. The van der Waals surface area contributed by atoms with Crippen LogP contribution in [0.25, 0.3) is 11.0 Å². The lowest BCUT2D eigenvalue weighted by atomic mass is 9.71. The van der Waals surface area contributed by atoms with Crippen LogP contribution in [0.2, 0.25) is 0 Å². The molecular formula is C18H24N2O2. The number of H-pyrrole nitrogens is 1. The highest BCUT2D eigenvalue weighted by Gasteiger charge is 2.29. The van der Waals surface area contributed by atoms with E-state index in [4.69, 9.17) is 9.72 Å². The second-order valence-corrected chi connectivity index (χ2v) is 7.24. The number of nitrogens with zero attached hydrogens (tertiary/aromatic N) is 1. The quantitative estimate of drug-likeness (QED) is 0.856. The van der Waals surface area contributed by atoms with Gasteiger partial charge in [-0.15, -0.1) is 0 Å². The van der Waals surface area contributed by atoms with Crippen molar-refractivity contribution in [3.8, 4) is 0 Å². The number of hydrogen-bond donors (Lipinski definition) is 1. The number of ether oxygens (including phenoxy) is 1. The fourth-order valence-corrected chi connectivity index (χ4v) is 3.27. The Bertz CT molecular complexity index is 710. The Hall–Kier alpha value is -1.84. The van der Waals surface area contributed by atoms with Gasteiger partial charge in [0.15, 0.2) is 0 Å². The number of aromatic amines is 1. The summed E-state index contributed by atoms with van der Waals surface area (Å²) in [5, 5.41) is 0. The third kappa shape index (κ3) is 2.74. The van der Waals surface area contributed by atoms with E-state index in [0.29, 0.717) is 23.6 Å². The largest absolute Gasteiger partial charge is 0.461 e. The first-order valence-electron chi connectivity index (χ1n) is 8.07. The summed E-state index contributed by atoms with van der Waals surface area (Å²) in [6.45, 7) is 9.11. The second-order valence-electron chi connectivity index (χ2n) is 7.24. The Balaban J connectivity index is 1.95. The normalized spacial score (nSPS) is 18.3. The van der Waals surface area contributed by atoms with Crippen LogP contribution in [0.3, 0.4) is 0 Å². The summed E-state index contributed by atoms with van der Waals surface area (Å²) < 4.78 is 5.05. The van der Waals surface area contributed by atoms with E-state index in [2.05, 4.69) is 31.8 Å². The van der Waals surface area contributed by atoms with Crippen LogP contribution in [0.5, 0.6) is 0 Å². The highest BCUT2D eigenvalue weighted by Crippen LogP contribution is 2.37. The van der Waals surface area contributed by atoms with Crippen molar-refractivity contribution >= 4 is 17.0 Å². The smallest absolute Gasteiger partial charge is 0.354 e. The molecule has 4 heteroatoms. The molecule has 0 amide bonds. The number of nitrogens with one attached hydrogen (secondary N) is 1. The van der Waals surface area contributed by atoms with E-state index < -0.39 is 0 Å². The van der Waals surface area contributed by atoms with Crippen LogP contribution in [-0.2, 0) is 17.6 Å². The molecule has 4 nitrogen and oxygen atoms in total. The summed E-state index contributed by atoms with van der Waals surface area (Å²) in [6.07, 6.45) is 3.27. The lowest BCUT2D eigenvalue weighted by Crippen LogP contribution is -2.27. The molecule has 0 saturated carbocycles. The van der Waals surface area contributed by atoms with E-state index >= 15 is 0 Å². The molecule has 0 unspecified atom stereocenters. The number of aromatic nitrogens is 2. The number of aryl methyl sites for hydroxylation is 1. The van der Waals surface area contributed by atoms with E-state index in [9.17, 15) is 4.79 Å². The van der Waals surface area contributed by atoms with Gasteiger partial charge < -0.3 is 9.72 Å². The summed E-state index contributed by atoms with van der Waals surface area (Å²) in [5.41, 5.74) is 5.09. The molecule has 2 aromatic rings. The second kappa shape index (κ2) is 5.41. The topological polar surface area (TPSA) is 55.0 Å². The molecule has 0 spiro atoms. The fourth-order valence-electron chi connectivity index (χ4n) is 3.27. The molecule has 0 aromatic carbocycles. The lowest BCUT2D eigenvalue weighted by Gasteiger charge is -2.34. The Kier molecular flexibility index (Phi) is 3.71. The Labute approximate surface area is 131 Å². The van der Waals surface area contributed by atoms with Gasteiger partial charge in [0, 0.05) is 5.69 Å². The number of rotatable bonds is 2. The number of carbonyl (C=O) groups is 1. The molecule has 22 heavy (non-hydrogen) atoms. The predicted molar refractivity (Wildman–Crippen MR) is 87.0 cm³/mol. The Morgan fingerprint density at radius 1 is 1.41 bits per heavy atom. The number of hydrogen-bond acceptors (Lipinski definition) is 3. The maximum Gasteiger partial charge on any atom is 0.354 e. The number of fused-ring (bicyclic) bond motifs is 2. The van der Waals surface area contributed by atoms with E-state index in [1.165, 1.54) is 17.7 Å². The fraction of sp³-hybridized carbons (Fsp3) is 0.556. The van der Waals surface area contributed by atoms with Gasteiger partial charge in [-0.3, -0.25) is 4.98 Å². The van der Waals surface area contributed by atoms with Crippen LogP contribution >= 0.6 is 0 Å². The molecular weight excluding hydrogens is 276 g/mol. The minimum atomic E-state index is -0.314. The molecule has 3 rings (SSSR count). The van der Waals surface area contributed by atoms with Gasteiger partial charge in [-0.05, 0) is 55.2 Å². The van der Waals surface area contributed by atoms with Gasteiger partial charge >= 0.3 is 5.97 Å². The summed E-state index contributed by atoms with van der Waals surface area (Å²) in [4.78, 5) is 19.7. The summed E-state index contributed by atoms with van der Waals surface area (Å²) >= 11 is 0. The Morgan fingerprint density at radius 3 is 2.86 bits per heavy atom. The Morgan fingerprint density at radius 2 is 2.18 bits per heavy atom. The van der Waals surface area contributed by atoms with Gasteiger partial charge in [0.1, 0.15) is 5.69 Å². The molecule has 2 heterocycles. The van der Waals surface area contributed by atoms with Gasteiger partial charge in [-0.25, -0.2) is 4.79 Å². The number of carbonyl (C=O) groups excluding carboxylic acids is 1. The van der Waals surface area contributed by atoms with Gasteiger partial charge in [-0.2, -0.15) is 0 Å². The third-order valence-electron chi connectivity index (χ3n) is 4.69. The maximum atomic E-state index is 11.8. The first-order valence-corrected chi connectivity index (χ1v) is 8.07. The van der Waals surface area contributed by atoms with Crippen molar-refractivity contribution in [1.82, 2.24) is 9.97 Å². The molecule has 0 radical (unpaired) electrons. The van der Waals surface area contributed by atoms with Crippen molar-refractivity contribution in [2.45, 2.75) is 47.0 Å². The SMILES string of the molecule is CCOC(=O)c1cc2nc3c(cc2[nH]1)C[C@@H](C(C)(C)C)CC3. The molecule has 118 valence electrons. The maximum absolute atomic E-state index is 11.8. The third-order valence-corrected chi connectivity index (χ3v) is 4.69. The molecule has 0 aliphatic heterocycles. The van der Waals surface area contributed by atoms with Crippen molar-refractivity contribution in [1.29, 1.82) is 0 Å². The highest BCUT2D eigenvalue weighted by atomic mass is 16.5. The van der Waals surface area contributed by atoms with E-state index in [1.807, 2.05) is 6.92 Å². The van der Waals surface area contributed by atoms with Gasteiger partial charge in [0.05, 0.1) is 17.6 Å². The monoisotopic (exact) mass is 300 g/mol. The zero-order chi connectivity index (χ0) is 15.9. The first kappa shape index (κ1) is 15.1. The van der Waals surface area contributed by atoms with Crippen molar-refractivity contribution < 1.29 is 9.53 Å². The van der Waals surface area contributed by atoms with Gasteiger partial charge in [0.25, 0.3) is 0 Å². The van der Waals surface area contributed by atoms with Crippen molar-refractivity contribution in [2.75, 3.05) is 6.61 Å². The molecule has 2 aromatic heterocycles. The molecule has 1 N–H and O–H groups in total. The van der Waals surface area contributed by atoms with E-state index in [1.54, 1.807) is 6.07 Å². The van der Waals surface area contributed by atoms with Crippen LogP contribution in [0.1, 0.15) is 55.9 Å². The van der Waals surface area contributed by atoms with Crippen LogP contribution < -0.4 is 0 Å². The van der Waals surface area contributed by atoms with Crippen molar-refractivity contribution in [3.63, 3.8) is 0 Å². The highest BCUT2D eigenvalue weighted by molar-refractivity contribution is 5.93. The van der Waals surface area contributed by atoms with Crippen LogP contribution in [0.4, 0.5) is 0 Å². The minimum Gasteiger partial charge on any atom is -0.461 e. The first-order chi connectivity index (χ1) is 10.4. The zero-order valence-electron chi connectivity index (χ0n) is 13.8. The zero-order valence-corrected chi connectivity index (χ0v) is 13.8. The molecule has 0 fully saturated rings. The summed E-state index contributed by atoms with van der Waals surface area (Å²) in [7, 11) is 0. The van der Waals surface area contributed by atoms with Crippen LogP contribution in [-0.4, -0.2) is 22.5 Å². The summed E-state index contributed by atoms with van der Waals surface area (Å²) in [6, 6.07) is 3.96. The van der Waals surface area contributed by atoms with Crippen LogP contribution in [0, 0.1) is 11.3 Å². The lowest BCUT2D eigenvalue weighted by molar-refractivity contribution is 0.0520. The molecule has 1 aliphatic carbocycles. The number of esters is 1. The standard InChI is InChI=1S/C18H24N2O2/c1-5-22-17(21)16-10-15-14(20-16)9-11-8-12(18(2,3)4)6-7-13(11)19-15/h9-10,12,20H,5-8H2,1-4H3/t12-/m0/s1. The van der Waals surface area contributed by atoms with Gasteiger partial charge in [-0.1, -0.05) is 20.8 Å². The van der Waals surface area contributed by atoms with Crippen molar-refractivity contribution in [2.24, 2.45) is 11.3 Å². The average molecular weight is 300 g/mol. The molecule has 0 saturated heterocycles. The molecule has 0 bridgehead atoms. The minimum absolute atomic E-state index is 0.314. The van der Waals surface area contributed by atoms with E-state index in [0.717, 1.165) is 23.9 Å². The van der Waals surface area contributed by atoms with E-state index in [-0.39, 0.29) is 5.97 Å².